The first kappa shape index (κ1) is 12.6. The van der Waals surface area contributed by atoms with Crippen molar-refractivity contribution in [3.8, 4) is 0 Å². The van der Waals surface area contributed by atoms with E-state index in [2.05, 4.69) is 0 Å². The zero-order valence-electron chi connectivity index (χ0n) is 9.47. The Bertz CT molecular complexity index is 281. The summed E-state index contributed by atoms with van der Waals surface area (Å²) in [7, 11) is 0. The predicted molar refractivity (Wildman–Crippen MR) is 64.9 cm³/mol. The lowest BCUT2D eigenvalue weighted by Gasteiger charge is -2.18. The fraction of sp³-hybridized carbons (Fsp3) is 0.462. The molecule has 0 bridgehead atoms. The normalized spacial score (nSPS) is 15.8. The zero-order valence-corrected chi connectivity index (χ0v) is 9.47. The molecule has 1 aliphatic carbocycles. The number of para-hydroxylation sites is 1. The number of hydrogen-bond donors (Lipinski definition) is 1. The highest BCUT2D eigenvalue weighted by Gasteiger charge is 2.12. The van der Waals surface area contributed by atoms with Crippen molar-refractivity contribution in [2.45, 2.75) is 38.2 Å². The van der Waals surface area contributed by atoms with Crippen LogP contribution in [-0.2, 0) is 9.53 Å². The van der Waals surface area contributed by atoms with Crippen molar-refractivity contribution < 1.29 is 9.53 Å². The maximum atomic E-state index is 9.85. The van der Waals surface area contributed by atoms with Gasteiger partial charge in [-0.15, -0.1) is 0 Å². The minimum atomic E-state index is 0.233. The van der Waals surface area contributed by atoms with E-state index in [0.29, 0.717) is 6.47 Å². The summed E-state index contributed by atoms with van der Waals surface area (Å²) < 4.78 is 4.80. The van der Waals surface area contributed by atoms with Crippen LogP contribution in [-0.4, -0.2) is 12.6 Å². The summed E-state index contributed by atoms with van der Waals surface area (Å²) in [5, 5.41) is 0. The monoisotopic (exact) mass is 221 g/mol. The second-order valence-electron chi connectivity index (χ2n) is 3.90. The van der Waals surface area contributed by atoms with Crippen molar-refractivity contribution in [2.75, 3.05) is 5.73 Å². The van der Waals surface area contributed by atoms with Gasteiger partial charge in [-0.2, -0.15) is 0 Å². The minimum absolute atomic E-state index is 0.233. The Labute approximate surface area is 96.6 Å². The Hall–Kier alpha value is -1.51. The third-order valence-electron chi connectivity index (χ3n) is 2.60. The van der Waals surface area contributed by atoms with E-state index in [-0.39, 0.29) is 6.10 Å². The summed E-state index contributed by atoms with van der Waals surface area (Å²) in [5.41, 5.74) is 6.18. The molecule has 0 heterocycles. The van der Waals surface area contributed by atoms with Crippen LogP contribution >= 0.6 is 0 Å². The fourth-order valence-electron chi connectivity index (χ4n) is 1.73. The van der Waals surface area contributed by atoms with Gasteiger partial charge in [0.15, 0.2) is 0 Å². The number of nitrogen functional groups attached to an aromatic ring is 1. The van der Waals surface area contributed by atoms with Crippen LogP contribution in [0.15, 0.2) is 30.3 Å². The van der Waals surface area contributed by atoms with Crippen LogP contribution in [0.1, 0.15) is 32.1 Å². The molecule has 0 saturated heterocycles. The number of ether oxygens (including phenoxy) is 1. The van der Waals surface area contributed by atoms with E-state index < -0.39 is 0 Å². The summed E-state index contributed by atoms with van der Waals surface area (Å²) in [6, 6.07) is 9.49. The molecule has 88 valence electrons. The highest BCUT2D eigenvalue weighted by Crippen LogP contribution is 2.19. The molecular weight excluding hydrogens is 202 g/mol. The fourth-order valence-corrected chi connectivity index (χ4v) is 1.73. The minimum Gasteiger partial charge on any atom is -0.465 e. The molecule has 0 aliphatic heterocycles. The third kappa shape index (κ3) is 5.39. The van der Waals surface area contributed by atoms with Crippen LogP contribution in [0.4, 0.5) is 5.69 Å². The number of rotatable bonds is 2. The zero-order chi connectivity index (χ0) is 11.6. The molecule has 0 spiro atoms. The second kappa shape index (κ2) is 7.74. The molecule has 0 unspecified atom stereocenters. The Morgan fingerprint density at radius 1 is 1.12 bits per heavy atom. The highest BCUT2D eigenvalue weighted by atomic mass is 16.5. The smallest absolute Gasteiger partial charge is 0.293 e. The molecule has 16 heavy (non-hydrogen) atoms. The molecule has 0 amide bonds. The predicted octanol–water partition coefficient (Wildman–Crippen LogP) is 2.76. The Balaban J connectivity index is 0.000000165. The second-order valence-corrected chi connectivity index (χ2v) is 3.90. The van der Waals surface area contributed by atoms with Gasteiger partial charge in [-0.25, -0.2) is 0 Å². The van der Waals surface area contributed by atoms with Gasteiger partial charge in [0, 0.05) is 5.69 Å². The first-order chi connectivity index (χ1) is 7.83. The van der Waals surface area contributed by atoms with Crippen LogP contribution in [0.3, 0.4) is 0 Å². The van der Waals surface area contributed by atoms with E-state index in [1.165, 1.54) is 19.3 Å². The first-order valence-electron chi connectivity index (χ1n) is 5.72. The van der Waals surface area contributed by atoms with Crippen LogP contribution in [0.2, 0.25) is 0 Å². The van der Waals surface area contributed by atoms with Gasteiger partial charge in [0.1, 0.15) is 6.10 Å². The number of hydrogen-bond acceptors (Lipinski definition) is 3. The number of nitrogens with two attached hydrogens (primary N) is 1. The van der Waals surface area contributed by atoms with Crippen molar-refractivity contribution in [1.29, 1.82) is 0 Å². The van der Waals surface area contributed by atoms with Gasteiger partial charge < -0.3 is 10.5 Å². The van der Waals surface area contributed by atoms with Gasteiger partial charge in [-0.3, -0.25) is 4.79 Å². The molecule has 1 aromatic rings. The highest BCUT2D eigenvalue weighted by molar-refractivity contribution is 5.37. The Morgan fingerprint density at radius 3 is 2.19 bits per heavy atom. The Kier molecular flexibility index (Phi) is 6.07. The maximum absolute atomic E-state index is 9.85. The van der Waals surface area contributed by atoms with Crippen LogP contribution in [0.25, 0.3) is 0 Å². The molecule has 1 aromatic carbocycles. The van der Waals surface area contributed by atoms with E-state index in [0.717, 1.165) is 18.5 Å². The lowest BCUT2D eigenvalue weighted by atomic mass is 9.98. The molecule has 1 aliphatic rings. The molecule has 0 atom stereocenters. The van der Waals surface area contributed by atoms with Crippen molar-refractivity contribution in [1.82, 2.24) is 0 Å². The first-order valence-corrected chi connectivity index (χ1v) is 5.72. The van der Waals surface area contributed by atoms with E-state index in [1.54, 1.807) is 0 Å². The maximum Gasteiger partial charge on any atom is 0.293 e. The number of anilines is 1. The Morgan fingerprint density at radius 2 is 1.75 bits per heavy atom. The molecule has 2 N–H and O–H groups in total. The van der Waals surface area contributed by atoms with Crippen LogP contribution in [0, 0.1) is 0 Å². The average Bonchev–Trinajstić information content (AvgIpc) is 2.33. The van der Waals surface area contributed by atoms with E-state index in [4.69, 9.17) is 10.5 Å². The summed E-state index contributed by atoms with van der Waals surface area (Å²) in [5.74, 6) is 0. The molecule has 0 aromatic heterocycles. The van der Waals surface area contributed by atoms with Crippen LogP contribution in [0.5, 0.6) is 0 Å². The lowest BCUT2D eigenvalue weighted by Crippen LogP contribution is -2.15. The van der Waals surface area contributed by atoms with Crippen LogP contribution < -0.4 is 5.73 Å². The SMILES string of the molecule is Nc1ccccc1.O=COC1CCCCC1. The van der Waals surface area contributed by atoms with Gasteiger partial charge in [0.05, 0.1) is 0 Å². The van der Waals surface area contributed by atoms with Gasteiger partial charge in [0.25, 0.3) is 6.47 Å². The summed E-state index contributed by atoms with van der Waals surface area (Å²) in [6.07, 6.45) is 6.11. The average molecular weight is 221 g/mol. The van der Waals surface area contributed by atoms with Crippen molar-refractivity contribution in [2.24, 2.45) is 0 Å². The molecule has 1 fully saturated rings. The van der Waals surface area contributed by atoms with E-state index in [1.807, 2.05) is 30.3 Å². The van der Waals surface area contributed by atoms with Gasteiger partial charge in [-0.1, -0.05) is 24.6 Å². The molecule has 3 nitrogen and oxygen atoms in total. The van der Waals surface area contributed by atoms with Crippen molar-refractivity contribution in [3.05, 3.63) is 30.3 Å². The summed E-state index contributed by atoms with van der Waals surface area (Å²) in [4.78, 5) is 9.85. The van der Waals surface area contributed by atoms with Gasteiger partial charge in [0.2, 0.25) is 0 Å². The molecule has 1 saturated carbocycles. The number of carbonyl (C=O) groups excluding carboxylic acids is 1. The summed E-state index contributed by atoms with van der Waals surface area (Å²) in [6.45, 7) is 0.565. The standard InChI is InChI=1S/C7H12O2.C6H7N/c8-6-9-7-4-2-1-3-5-7;7-6-4-2-1-3-5-6/h6-7H,1-5H2;1-5H,7H2. The molecule has 2 rings (SSSR count). The molecule has 3 heteroatoms. The molecular formula is C13H19NO2. The summed E-state index contributed by atoms with van der Waals surface area (Å²) >= 11 is 0. The van der Waals surface area contributed by atoms with Crippen molar-refractivity contribution in [3.63, 3.8) is 0 Å². The number of carbonyl (C=O) groups is 1. The lowest BCUT2D eigenvalue weighted by molar-refractivity contribution is -0.134. The quantitative estimate of drug-likeness (QED) is 0.617. The van der Waals surface area contributed by atoms with Gasteiger partial charge in [-0.05, 0) is 37.8 Å². The largest absolute Gasteiger partial charge is 0.465 e. The topological polar surface area (TPSA) is 52.3 Å². The van der Waals surface area contributed by atoms with E-state index in [9.17, 15) is 4.79 Å². The van der Waals surface area contributed by atoms with Gasteiger partial charge >= 0.3 is 0 Å². The van der Waals surface area contributed by atoms with Crippen molar-refractivity contribution >= 4 is 12.2 Å². The third-order valence-corrected chi connectivity index (χ3v) is 2.60. The number of benzene rings is 1. The van der Waals surface area contributed by atoms with E-state index >= 15 is 0 Å². The molecule has 0 radical (unpaired) electrons.